The SMILES string of the molecule is NCc1ccc(CS(=O)(=O)NCc2cccnc2)cc1. The molecule has 0 radical (unpaired) electrons. The highest BCUT2D eigenvalue weighted by molar-refractivity contribution is 7.88. The maximum absolute atomic E-state index is 12.0. The summed E-state index contributed by atoms with van der Waals surface area (Å²) in [5.41, 5.74) is 8.05. The minimum Gasteiger partial charge on any atom is -0.326 e. The van der Waals surface area contributed by atoms with E-state index >= 15 is 0 Å². The van der Waals surface area contributed by atoms with Crippen LogP contribution in [0, 0.1) is 0 Å². The van der Waals surface area contributed by atoms with E-state index in [2.05, 4.69) is 9.71 Å². The smallest absolute Gasteiger partial charge is 0.216 e. The molecule has 0 bridgehead atoms. The van der Waals surface area contributed by atoms with Gasteiger partial charge in [-0.2, -0.15) is 0 Å². The van der Waals surface area contributed by atoms with Gasteiger partial charge in [-0.25, -0.2) is 13.1 Å². The van der Waals surface area contributed by atoms with Crippen molar-refractivity contribution in [3.05, 3.63) is 65.5 Å². The van der Waals surface area contributed by atoms with Crippen LogP contribution in [-0.4, -0.2) is 13.4 Å². The van der Waals surface area contributed by atoms with Crippen molar-refractivity contribution in [2.45, 2.75) is 18.8 Å². The normalized spacial score (nSPS) is 11.4. The Balaban J connectivity index is 1.96. The quantitative estimate of drug-likeness (QED) is 0.836. The van der Waals surface area contributed by atoms with Crippen molar-refractivity contribution in [2.75, 3.05) is 0 Å². The lowest BCUT2D eigenvalue weighted by atomic mass is 10.1. The molecule has 20 heavy (non-hydrogen) atoms. The molecule has 0 aliphatic carbocycles. The Hall–Kier alpha value is -1.76. The van der Waals surface area contributed by atoms with Crippen molar-refractivity contribution in [3.8, 4) is 0 Å². The first-order chi connectivity index (χ1) is 9.59. The minimum absolute atomic E-state index is 0.0435. The van der Waals surface area contributed by atoms with Crippen molar-refractivity contribution < 1.29 is 8.42 Å². The number of aromatic nitrogens is 1. The lowest BCUT2D eigenvalue weighted by Gasteiger charge is -2.07. The fraction of sp³-hybridized carbons (Fsp3) is 0.214. The summed E-state index contributed by atoms with van der Waals surface area (Å²) in [7, 11) is -3.36. The van der Waals surface area contributed by atoms with E-state index in [0.29, 0.717) is 6.54 Å². The molecule has 3 N–H and O–H groups in total. The molecule has 1 aromatic carbocycles. The Morgan fingerprint density at radius 2 is 1.75 bits per heavy atom. The van der Waals surface area contributed by atoms with Crippen LogP contribution in [0.25, 0.3) is 0 Å². The van der Waals surface area contributed by atoms with E-state index < -0.39 is 10.0 Å². The Morgan fingerprint density at radius 1 is 1.05 bits per heavy atom. The lowest BCUT2D eigenvalue weighted by molar-refractivity contribution is 0.580. The summed E-state index contributed by atoms with van der Waals surface area (Å²) in [6, 6.07) is 10.8. The van der Waals surface area contributed by atoms with E-state index in [4.69, 9.17) is 5.73 Å². The van der Waals surface area contributed by atoms with E-state index in [0.717, 1.165) is 16.7 Å². The summed E-state index contributed by atoms with van der Waals surface area (Å²) >= 11 is 0. The molecule has 6 heteroatoms. The molecule has 0 atom stereocenters. The zero-order chi connectivity index (χ0) is 14.4. The van der Waals surface area contributed by atoms with Crippen molar-refractivity contribution >= 4 is 10.0 Å². The molecule has 0 saturated carbocycles. The third-order valence-electron chi connectivity index (χ3n) is 2.83. The number of pyridine rings is 1. The number of rotatable bonds is 6. The van der Waals surface area contributed by atoms with Crippen LogP contribution >= 0.6 is 0 Å². The van der Waals surface area contributed by atoms with Gasteiger partial charge >= 0.3 is 0 Å². The molecule has 5 nitrogen and oxygen atoms in total. The third-order valence-corrected chi connectivity index (χ3v) is 4.13. The van der Waals surface area contributed by atoms with Crippen LogP contribution in [0.2, 0.25) is 0 Å². The van der Waals surface area contributed by atoms with E-state index in [9.17, 15) is 8.42 Å². The molecular formula is C14H17N3O2S. The fourth-order valence-electron chi connectivity index (χ4n) is 1.74. The van der Waals surface area contributed by atoms with Crippen LogP contribution in [-0.2, 0) is 28.9 Å². The second-order valence-electron chi connectivity index (χ2n) is 4.46. The van der Waals surface area contributed by atoms with Crippen LogP contribution in [0.1, 0.15) is 16.7 Å². The Bertz CT molecular complexity index is 640. The summed E-state index contributed by atoms with van der Waals surface area (Å²) in [5.74, 6) is -0.0435. The highest BCUT2D eigenvalue weighted by Crippen LogP contribution is 2.08. The number of sulfonamides is 1. The van der Waals surface area contributed by atoms with Gasteiger partial charge in [0.1, 0.15) is 0 Å². The molecule has 0 saturated heterocycles. The summed E-state index contributed by atoms with van der Waals surface area (Å²) in [6.07, 6.45) is 3.29. The Labute approximate surface area is 118 Å². The van der Waals surface area contributed by atoms with Gasteiger partial charge in [0, 0.05) is 25.5 Å². The Kier molecular flexibility index (Phi) is 4.84. The third kappa shape index (κ3) is 4.41. The number of nitrogens with zero attached hydrogens (tertiary/aromatic N) is 1. The highest BCUT2D eigenvalue weighted by Gasteiger charge is 2.11. The van der Waals surface area contributed by atoms with Gasteiger partial charge in [0.05, 0.1) is 5.75 Å². The predicted octanol–water partition coefficient (Wildman–Crippen LogP) is 1.16. The first-order valence-electron chi connectivity index (χ1n) is 6.23. The molecule has 0 unspecified atom stereocenters. The first-order valence-corrected chi connectivity index (χ1v) is 7.88. The molecule has 0 aliphatic rings. The van der Waals surface area contributed by atoms with Crippen LogP contribution in [0.5, 0.6) is 0 Å². The molecule has 106 valence electrons. The molecular weight excluding hydrogens is 274 g/mol. The highest BCUT2D eigenvalue weighted by atomic mass is 32.2. The molecule has 0 amide bonds. The monoisotopic (exact) mass is 291 g/mol. The molecule has 1 heterocycles. The van der Waals surface area contributed by atoms with Gasteiger partial charge < -0.3 is 5.73 Å². The van der Waals surface area contributed by atoms with Crippen molar-refractivity contribution in [1.29, 1.82) is 0 Å². The van der Waals surface area contributed by atoms with Gasteiger partial charge in [0.2, 0.25) is 10.0 Å². The first kappa shape index (κ1) is 14.6. The number of nitrogens with two attached hydrogens (primary N) is 1. The maximum Gasteiger partial charge on any atom is 0.216 e. The number of hydrogen-bond donors (Lipinski definition) is 2. The molecule has 2 rings (SSSR count). The minimum atomic E-state index is -3.36. The average molecular weight is 291 g/mol. The largest absolute Gasteiger partial charge is 0.326 e. The van der Waals surface area contributed by atoms with E-state index in [1.54, 1.807) is 30.6 Å². The van der Waals surface area contributed by atoms with Crippen LogP contribution in [0.4, 0.5) is 0 Å². The van der Waals surface area contributed by atoms with Gasteiger partial charge in [-0.05, 0) is 22.8 Å². The second kappa shape index (κ2) is 6.60. The van der Waals surface area contributed by atoms with Crippen LogP contribution in [0.15, 0.2) is 48.8 Å². The predicted molar refractivity (Wildman–Crippen MR) is 78.0 cm³/mol. The second-order valence-corrected chi connectivity index (χ2v) is 6.27. The van der Waals surface area contributed by atoms with E-state index in [1.807, 2.05) is 18.2 Å². The van der Waals surface area contributed by atoms with Gasteiger partial charge in [0.15, 0.2) is 0 Å². The topological polar surface area (TPSA) is 85.1 Å². The van der Waals surface area contributed by atoms with Gasteiger partial charge in [-0.15, -0.1) is 0 Å². The zero-order valence-electron chi connectivity index (χ0n) is 11.0. The average Bonchev–Trinajstić information content (AvgIpc) is 2.47. The van der Waals surface area contributed by atoms with Crippen molar-refractivity contribution in [2.24, 2.45) is 5.73 Å². The van der Waals surface area contributed by atoms with E-state index in [1.165, 1.54) is 0 Å². The molecule has 0 aliphatic heterocycles. The zero-order valence-corrected chi connectivity index (χ0v) is 11.8. The standard InChI is InChI=1S/C14H17N3O2S/c15-8-12-3-5-13(6-4-12)11-20(18,19)17-10-14-2-1-7-16-9-14/h1-7,9,17H,8,10-11,15H2. The van der Waals surface area contributed by atoms with Gasteiger partial charge in [-0.1, -0.05) is 30.3 Å². The number of hydrogen-bond acceptors (Lipinski definition) is 4. The lowest BCUT2D eigenvalue weighted by Crippen LogP contribution is -2.24. The van der Waals surface area contributed by atoms with E-state index in [-0.39, 0.29) is 12.3 Å². The van der Waals surface area contributed by atoms with Crippen molar-refractivity contribution in [3.63, 3.8) is 0 Å². The number of nitrogens with one attached hydrogen (secondary N) is 1. The fourth-order valence-corrected chi connectivity index (χ4v) is 2.86. The summed E-state index contributed by atoms with van der Waals surface area (Å²) in [4.78, 5) is 3.94. The van der Waals surface area contributed by atoms with Gasteiger partial charge in [0.25, 0.3) is 0 Å². The molecule has 1 aromatic heterocycles. The summed E-state index contributed by atoms with van der Waals surface area (Å²) in [6.45, 7) is 0.698. The molecule has 0 spiro atoms. The van der Waals surface area contributed by atoms with Crippen LogP contribution in [0.3, 0.4) is 0 Å². The Morgan fingerprint density at radius 3 is 2.35 bits per heavy atom. The van der Waals surface area contributed by atoms with Crippen LogP contribution < -0.4 is 10.5 Å². The summed E-state index contributed by atoms with van der Waals surface area (Å²) < 4.78 is 26.5. The van der Waals surface area contributed by atoms with Gasteiger partial charge in [-0.3, -0.25) is 4.98 Å². The maximum atomic E-state index is 12.0. The molecule has 0 fully saturated rings. The summed E-state index contributed by atoms with van der Waals surface area (Å²) in [5, 5.41) is 0. The van der Waals surface area contributed by atoms with Crippen molar-refractivity contribution in [1.82, 2.24) is 9.71 Å². The number of benzene rings is 1. The molecule has 2 aromatic rings.